The van der Waals surface area contributed by atoms with E-state index in [2.05, 4.69) is 67.6 Å². The molecule has 1 nitrogen and oxygen atoms in total. The standard InChI is InChI=1S/C20H17N/c1-20(14-8-3-2-4-9-14)17-12-6-5-10-15(17)16-11-7-13-18(21)19(16)20/h2-13H,21H2,1H3. The lowest BCUT2D eigenvalue weighted by atomic mass is 9.74. The Balaban J connectivity index is 2.13. The summed E-state index contributed by atoms with van der Waals surface area (Å²) in [5, 5.41) is 0. The third kappa shape index (κ3) is 1.52. The van der Waals surface area contributed by atoms with Crippen LogP contribution in [0.25, 0.3) is 11.1 Å². The Bertz CT molecular complexity index is 820. The molecule has 3 aromatic rings. The predicted octanol–water partition coefficient (Wildman–Crippen LogP) is 4.60. The van der Waals surface area contributed by atoms with Crippen molar-refractivity contribution in [2.45, 2.75) is 12.3 Å². The molecule has 0 aliphatic heterocycles. The molecule has 0 heterocycles. The van der Waals surface area contributed by atoms with Gasteiger partial charge in [-0.2, -0.15) is 0 Å². The van der Waals surface area contributed by atoms with Gasteiger partial charge in [-0.05, 0) is 40.8 Å². The molecule has 0 amide bonds. The van der Waals surface area contributed by atoms with Crippen molar-refractivity contribution in [3.05, 3.63) is 89.5 Å². The van der Waals surface area contributed by atoms with Crippen molar-refractivity contribution in [1.29, 1.82) is 0 Å². The molecule has 0 radical (unpaired) electrons. The van der Waals surface area contributed by atoms with E-state index in [0.717, 1.165) is 5.69 Å². The summed E-state index contributed by atoms with van der Waals surface area (Å²) in [7, 11) is 0. The fraction of sp³-hybridized carbons (Fsp3) is 0.100. The van der Waals surface area contributed by atoms with Crippen molar-refractivity contribution < 1.29 is 0 Å². The molecule has 0 spiro atoms. The summed E-state index contributed by atoms with van der Waals surface area (Å²) in [5.41, 5.74) is 13.5. The van der Waals surface area contributed by atoms with Crippen LogP contribution in [0.3, 0.4) is 0 Å². The van der Waals surface area contributed by atoms with Gasteiger partial charge in [-0.25, -0.2) is 0 Å². The third-order valence-electron chi connectivity index (χ3n) is 4.70. The number of nitrogen functional groups attached to an aromatic ring is 1. The second kappa shape index (κ2) is 4.23. The first kappa shape index (κ1) is 12.2. The Labute approximate surface area is 125 Å². The lowest BCUT2D eigenvalue weighted by Crippen LogP contribution is -2.23. The maximum absolute atomic E-state index is 6.36. The maximum atomic E-state index is 6.36. The van der Waals surface area contributed by atoms with Crippen LogP contribution in [0.4, 0.5) is 5.69 Å². The number of rotatable bonds is 1. The molecule has 0 bridgehead atoms. The van der Waals surface area contributed by atoms with Crippen LogP contribution >= 0.6 is 0 Å². The summed E-state index contributed by atoms with van der Waals surface area (Å²) in [4.78, 5) is 0. The minimum absolute atomic E-state index is 0.182. The van der Waals surface area contributed by atoms with E-state index in [1.54, 1.807) is 0 Å². The number of fused-ring (bicyclic) bond motifs is 3. The van der Waals surface area contributed by atoms with E-state index in [1.807, 2.05) is 12.1 Å². The first-order valence-electron chi connectivity index (χ1n) is 7.27. The number of benzene rings is 3. The zero-order chi connectivity index (χ0) is 14.4. The summed E-state index contributed by atoms with van der Waals surface area (Å²) in [6.45, 7) is 2.28. The first-order chi connectivity index (χ1) is 10.2. The zero-order valence-electron chi connectivity index (χ0n) is 12.0. The minimum Gasteiger partial charge on any atom is -0.398 e. The lowest BCUT2D eigenvalue weighted by Gasteiger charge is -2.29. The molecule has 0 saturated carbocycles. The molecular weight excluding hydrogens is 254 g/mol. The highest BCUT2D eigenvalue weighted by molar-refractivity contribution is 5.87. The Kier molecular flexibility index (Phi) is 2.46. The van der Waals surface area contributed by atoms with Crippen LogP contribution in [0, 0.1) is 0 Å². The van der Waals surface area contributed by atoms with Gasteiger partial charge in [-0.15, -0.1) is 0 Å². The van der Waals surface area contributed by atoms with Gasteiger partial charge in [-0.1, -0.05) is 66.7 Å². The highest BCUT2D eigenvalue weighted by Crippen LogP contribution is 2.53. The summed E-state index contributed by atoms with van der Waals surface area (Å²) in [5.74, 6) is 0. The van der Waals surface area contributed by atoms with Gasteiger partial charge in [0, 0.05) is 11.1 Å². The molecule has 2 N–H and O–H groups in total. The average Bonchev–Trinajstić information content (AvgIpc) is 2.81. The molecule has 1 aliphatic carbocycles. The Morgan fingerprint density at radius 2 is 1.38 bits per heavy atom. The second-order valence-corrected chi connectivity index (χ2v) is 5.81. The van der Waals surface area contributed by atoms with Crippen LogP contribution in [0.1, 0.15) is 23.6 Å². The monoisotopic (exact) mass is 271 g/mol. The van der Waals surface area contributed by atoms with Crippen LogP contribution < -0.4 is 5.73 Å². The number of hydrogen-bond donors (Lipinski definition) is 1. The number of nitrogens with two attached hydrogens (primary N) is 1. The van der Waals surface area contributed by atoms with Gasteiger partial charge in [0.1, 0.15) is 0 Å². The van der Waals surface area contributed by atoms with E-state index in [1.165, 1.54) is 27.8 Å². The van der Waals surface area contributed by atoms with Gasteiger partial charge in [0.25, 0.3) is 0 Å². The van der Waals surface area contributed by atoms with Crippen LogP contribution in [0.15, 0.2) is 72.8 Å². The fourth-order valence-corrected chi connectivity index (χ4v) is 3.71. The van der Waals surface area contributed by atoms with Crippen molar-refractivity contribution in [3.8, 4) is 11.1 Å². The van der Waals surface area contributed by atoms with E-state index in [0.29, 0.717) is 0 Å². The van der Waals surface area contributed by atoms with Crippen LogP contribution in [-0.2, 0) is 5.41 Å². The largest absolute Gasteiger partial charge is 0.398 e. The molecule has 0 aromatic heterocycles. The van der Waals surface area contributed by atoms with Gasteiger partial charge in [0.2, 0.25) is 0 Å². The fourth-order valence-electron chi connectivity index (χ4n) is 3.71. The van der Waals surface area contributed by atoms with Gasteiger partial charge >= 0.3 is 0 Å². The zero-order valence-corrected chi connectivity index (χ0v) is 12.0. The van der Waals surface area contributed by atoms with Crippen molar-refractivity contribution in [1.82, 2.24) is 0 Å². The lowest BCUT2D eigenvalue weighted by molar-refractivity contribution is 0.716. The maximum Gasteiger partial charge on any atom is 0.0455 e. The van der Waals surface area contributed by atoms with E-state index >= 15 is 0 Å². The Hall–Kier alpha value is -2.54. The molecule has 1 atom stereocenters. The van der Waals surface area contributed by atoms with E-state index in [-0.39, 0.29) is 5.41 Å². The third-order valence-corrected chi connectivity index (χ3v) is 4.70. The number of hydrogen-bond acceptors (Lipinski definition) is 1. The van der Waals surface area contributed by atoms with Crippen LogP contribution in [0.2, 0.25) is 0 Å². The topological polar surface area (TPSA) is 26.0 Å². The normalized spacial score (nSPS) is 19.1. The molecule has 0 saturated heterocycles. The molecule has 4 rings (SSSR count). The summed E-state index contributed by atoms with van der Waals surface area (Å²) < 4.78 is 0. The highest BCUT2D eigenvalue weighted by Gasteiger charge is 2.41. The molecule has 1 aliphatic rings. The van der Waals surface area contributed by atoms with Crippen LogP contribution in [0.5, 0.6) is 0 Å². The summed E-state index contributed by atoms with van der Waals surface area (Å²) >= 11 is 0. The second-order valence-electron chi connectivity index (χ2n) is 5.81. The molecular formula is C20H17N. The van der Waals surface area contributed by atoms with E-state index in [9.17, 15) is 0 Å². The van der Waals surface area contributed by atoms with E-state index in [4.69, 9.17) is 5.73 Å². The van der Waals surface area contributed by atoms with Crippen molar-refractivity contribution in [2.24, 2.45) is 0 Å². The smallest absolute Gasteiger partial charge is 0.0455 e. The van der Waals surface area contributed by atoms with Gasteiger partial charge in [-0.3, -0.25) is 0 Å². The predicted molar refractivity (Wildman–Crippen MR) is 88.3 cm³/mol. The van der Waals surface area contributed by atoms with Crippen molar-refractivity contribution >= 4 is 5.69 Å². The molecule has 21 heavy (non-hydrogen) atoms. The SMILES string of the molecule is CC1(c2ccccc2)c2ccccc2-c2cccc(N)c21. The quantitative estimate of drug-likeness (QED) is 0.643. The summed E-state index contributed by atoms with van der Waals surface area (Å²) in [6, 6.07) is 25.5. The van der Waals surface area contributed by atoms with Crippen LogP contribution in [-0.4, -0.2) is 0 Å². The summed E-state index contributed by atoms with van der Waals surface area (Å²) in [6.07, 6.45) is 0. The van der Waals surface area contributed by atoms with Gasteiger partial charge in [0.15, 0.2) is 0 Å². The highest BCUT2D eigenvalue weighted by atomic mass is 14.6. The minimum atomic E-state index is -0.182. The molecule has 1 heteroatoms. The Morgan fingerprint density at radius 1 is 0.714 bits per heavy atom. The molecule has 0 fully saturated rings. The molecule has 102 valence electrons. The van der Waals surface area contributed by atoms with E-state index < -0.39 is 0 Å². The van der Waals surface area contributed by atoms with Crippen molar-refractivity contribution in [3.63, 3.8) is 0 Å². The van der Waals surface area contributed by atoms with Crippen molar-refractivity contribution in [2.75, 3.05) is 5.73 Å². The molecule has 3 aromatic carbocycles. The van der Waals surface area contributed by atoms with Gasteiger partial charge in [0.05, 0.1) is 0 Å². The average molecular weight is 271 g/mol. The van der Waals surface area contributed by atoms with Gasteiger partial charge < -0.3 is 5.73 Å². The molecule has 1 unspecified atom stereocenters. The Morgan fingerprint density at radius 3 is 2.19 bits per heavy atom. The number of anilines is 1. The first-order valence-corrected chi connectivity index (χ1v) is 7.27.